The van der Waals surface area contributed by atoms with E-state index in [-0.39, 0.29) is 22.3 Å². The van der Waals surface area contributed by atoms with Gasteiger partial charge in [0.25, 0.3) is 5.91 Å². The minimum Gasteiger partial charge on any atom is -0.480 e. The summed E-state index contributed by atoms with van der Waals surface area (Å²) in [6, 6.07) is 7.49. The fourth-order valence-electron chi connectivity index (χ4n) is 2.62. The van der Waals surface area contributed by atoms with E-state index in [1.54, 1.807) is 0 Å². The van der Waals surface area contributed by atoms with Crippen molar-refractivity contribution in [2.24, 2.45) is 0 Å². The fraction of sp³-hybridized carbons (Fsp3) is 0.222. The molecular weight excluding hydrogens is 453 g/mol. The molecule has 3 rings (SSSR count). The quantitative estimate of drug-likeness (QED) is 0.587. The zero-order valence-electron chi connectivity index (χ0n) is 17.0. The summed E-state index contributed by atoms with van der Waals surface area (Å²) in [6.45, 7) is 0. The molecule has 1 amide bonds. The number of halogens is 3. The molecule has 10 nitrogen and oxygen atoms in total. The number of hydrogen-bond acceptors (Lipinski definition) is 7. The van der Waals surface area contributed by atoms with Crippen LogP contribution in [0.5, 0.6) is 5.88 Å². The number of nitrogens with zero attached hydrogens (tertiary/aromatic N) is 5. The lowest BCUT2D eigenvalue weighted by molar-refractivity contribution is -0.143. The molecule has 0 saturated carbocycles. The predicted molar refractivity (Wildman–Crippen MR) is 106 cm³/mol. The Morgan fingerprint density at radius 1 is 1.09 bits per heavy atom. The number of rotatable bonds is 6. The van der Waals surface area contributed by atoms with Crippen LogP contribution in [0.2, 0.25) is 0 Å². The maximum Gasteiger partial charge on any atom is 0.434 e. The number of benzene rings is 1. The standard InChI is InChI=1S/C18H17F3N6O4S/c1-26(2)32(29,30)12-6-4-11(5-7-12)23-17(28)13-10-22-27(16(13)18(19,20)21)14-8-9-15(31-3)25-24-14/h4-10H,1-3H3,(H,23,28). The summed E-state index contributed by atoms with van der Waals surface area (Å²) in [5.74, 6) is -1.27. The number of alkyl halides is 3. The molecule has 0 saturated heterocycles. The number of ether oxygens (including phenoxy) is 1. The van der Waals surface area contributed by atoms with Gasteiger partial charge in [0.05, 0.1) is 23.8 Å². The van der Waals surface area contributed by atoms with Crippen molar-refractivity contribution in [3.05, 3.63) is 53.9 Å². The summed E-state index contributed by atoms with van der Waals surface area (Å²) in [5, 5.41) is 13.2. The summed E-state index contributed by atoms with van der Waals surface area (Å²) in [5.41, 5.74) is -2.00. The van der Waals surface area contributed by atoms with E-state index in [1.165, 1.54) is 57.6 Å². The number of amides is 1. The highest BCUT2D eigenvalue weighted by atomic mass is 32.2. The lowest BCUT2D eigenvalue weighted by atomic mass is 10.2. The van der Waals surface area contributed by atoms with E-state index in [0.717, 1.165) is 10.5 Å². The number of carbonyl (C=O) groups excluding carboxylic acids is 1. The van der Waals surface area contributed by atoms with E-state index in [0.29, 0.717) is 4.68 Å². The monoisotopic (exact) mass is 470 g/mol. The van der Waals surface area contributed by atoms with Gasteiger partial charge < -0.3 is 10.1 Å². The van der Waals surface area contributed by atoms with Crippen molar-refractivity contribution in [1.82, 2.24) is 24.3 Å². The highest BCUT2D eigenvalue weighted by Crippen LogP contribution is 2.33. The van der Waals surface area contributed by atoms with Crippen LogP contribution in [0.25, 0.3) is 5.82 Å². The first-order valence-corrected chi connectivity index (χ1v) is 10.3. The topological polar surface area (TPSA) is 119 Å². The van der Waals surface area contributed by atoms with Gasteiger partial charge in [-0.1, -0.05) is 0 Å². The van der Waals surface area contributed by atoms with Crippen molar-refractivity contribution in [3.63, 3.8) is 0 Å². The van der Waals surface area contributed by atoms with Gasteiger partial charge in [-0.05, 0) is 30.3 Å². The third-order valence-corrected chi connectivity index (χ3v) is 6.05. The van der Waals surface area contributed by atoms with Crippen molar-refractivity contribution in [2.75, 3.05) is 26.5 Å². The first-order chi connectivity index (χ1) is 14.9. The van der Waals surface area contributed by atoms with Gasteiger partial charge in [0, 0.05) is 25.8 Å². The smallest absolute Gasteiger partial charge is 0.434 e. The Morgan fingerprint density at radius 2 is 1.75 bits per heavy atom. The van der Waals surface area contributed by atoms with Gasteiger partial charge in [0.15, 0.2) is 11.5 Å². The van der Waals surface area contributed by atoms with E-state index in [1.807, 2.05) is 0 Å². The average Bonchev–Trinajstić information content (AvgIpc) is 3.20. The van der Waals surface area contributed by atoms with Crippen molar-refractivity contribution >= 4 is 21.6 Å². The van der Waals surface area contributed by atoms with Crippen LogP contribution < -0.4 is 10.1 Å². The SMILES string of the molecule is COc1ccc(-n2ncc(C(=O)Nc3ccc(S(=O)(=O)N(C)C)cc3)c2C(F)(F)F)nn1. The molecule has 2 aromatic heterocycles. The molecular formula is C18H17F3N6O4S. The van der Waals surface area contributed by atoms with Crippen molar-refractivity contribution in [3.8, 4) is 11.7 Å². The van der Waals surface area contributed by atoms with Crippen LogP contribution in [0.3, 0.4) is 0 Å². The first kappa shape index (κ1) is 23.1. The zero-order chi connectivity index (χ0) is 23.7. The van der Waals surface area contributed by atoms with E-state index < -0.39 is 33.4 Å². The van der Waals surface area contributed by atoms with E-state index in [9.17, 15) is 26.4 Å². The van der Waals surface area contributed by atoms with Gasteiger partial charge >= 0.3 is 6.18 Å². The van der Waals surface area contributed by atoms with Crippen LogP contribution in [0, 0.1) is 0 Å². The molecule has 3 aromatic rings. The molecule has 0 spiro atoms. The third kappa shape index (κ3) is 4.55. The summed E-state index contributed by atoms with van der Waals surface area (Å²) in [7, 11) is 0.338. The lowest BCUT2D eigenvalue weighted by Crippen LogP contribution is -2.22. The van der Waals surface area contributed by atoms with Gasteiger partial charge in [-0.3, -0.25) is 4.79 Å². The normalized spacial score (nSPS) is 12.1. The Labute approximate surface area is 180 Å². The molecule has 0 aliphatic carbocycles. The second-order valence-corrected chi connectivity index (χ2v) is 8.67. The molecule has 1 N–H and O–H groups in total. The van der Waals surface area contributed by atoms with Crippen LogP contribution in [-0.4, -0.2) is 59.8 Å². The maximum absolute atomic E-state index is 13.7. The van der Waals surface area contributed by atoms with E-state index in [2.05, 4.69) is 20.6 Å². The minimum absolute atomic E-state index is 0.0395. The van der Waals surface area contributed by atoms with Crippen LogP contribution in [0.1, 0.15) is 16.1 Å². The number of hydrogen-bond donors (Lipinski definition) is 1. The highest BCUT2D eigenvalue weighted by molar-refractivity contribution is 7.89. The average molecular weight is 470 g/mol. The van der Waals surface area contributed by atoms with Crippen molar-refractivity contribution in [1.29, 1.82) is 0 Å². The number of aromatic nitrogens is 4. The number of nitrogens with one attached hydrogen (secondary N) is 1. The van der Waals surface area contributed by atoms with Gasteiger partial charge in [0.2, 0.25) is 15.9 Å². The van der Waals surface area contributed by atoms with Crippen molar-refractivity contribution in [2.45, 2.75) is 11.1 Å². The Kier molecular flexibility index (Phi) is 6.18. The second kappa shape index (κ2) is 8.55. The zero-order valence-corrected chi connectivity index (χ0v) is 17.8. The molecule has 32 heavy (non-hydrogen) atoms. The molecule has 0 unspecified atom stereocenters. The molecule has 14 heteroatoms. The third-order valence-electron chi connectivity index (χ3n) is 4.23. The van der Waals surface area contributed by atoms with Gasteiger partial charge in [-0.2, -0.15) is 18.3 Å². The predicted octanol–water partition coefficient (Wildman–Crippen LogP) is 2.19. The molecule has 0 aliphatic rings. The fourth-order valence-corrected chi connectivity index (χ4v) is 3.52. The molecule has 2 heterocycles. The maximum atomic E-state index is 13.7. The molecule has 0 aliphatic heterocycles. The molecule has 170 valence electrons. The number of anilines is 1. The van der Waals surface area contributed by atoms with E-state index >= 15 is 0 Å². The van der Waals surface area contributed by atoms with Crippen molar-refractivity contribution < 1.29 is 31.1 Å². The number of sulfonamides is 1. The Morgan fingerprint density at radius 3 is 2.25 bits per heavy atom. The Bertz CT molecular complexity index is 1220. The van der Waals surface area contributed by atoms with E-state index in [4.69, 9.17) is 4.74 Å². The number of methoxy groups -OCH3 is 1. The van der Waals surface area contributed by atoms with Crippen LogP contribution in [0.15, 0.2) is 47.5 Å². The Balaban J connectivity index is 1.92. The minimum atomic E-state index is -4.94. The molecule has 0 atom stereocenters. The first-order valence-electron chi connectivity index (χ1n) is 8.82. The summed E-state index contributed by atoms with van der Waals surface area (Å²) in [6.07, 6.45) is -4.18. The van der Waals surface area contributed by atoms with Gasteiger partial charge in [0.1, 0.15) is 0 Å². The highest BCUT2D eigenvalue weighted by Gasteiger charge is 2.41. The molecule has 0 fully saturated rings. The number of carbonyl (C=O) groups is 1. The van der Waals surface area contributed by atoms with Gasteiger partial charge in [-0.15, -0.1) is 10.2 Å². The van der Waals surface area contributed by atoms with Gasteiger partial charge in [-0.25, -0.2) is 17.4 Å². The summed E-state index contributed by atoms with van der Waals surface area (Å²) in [4.78, 5) is 12.5. The molecule has 1 aromatic carbocycles. The van der Waals surface area contributed by atoms with Crippen LogP contribution >= 0.6 is 0 Å². The summed E-state index contributed by atoms with van der Waals surface area (Å²) >= 11 is 0. The molecule has 0 bridgehead atoms. The lowest BCUT2D eigenvalue weighted by Gasteiger charge is -2.13. The summed E-state index contributed by atoms with van der Waals surface area (Å²) < 4.78 is 71.7. The van der Waals surface area contributed by atoms with Crippen LogP contribution in [-0.2, 0) is 16.2 Å². The second-order valence-electron chi connectivity index (χ2n) is 6.52. The molecule has 0 radical (unpaired) electrons. The Hall–Kier alpha value is -3.52. The largest absolute Gasteiger partial charge is 0.480 e. The van der Waals surface area contributed by atoms with Crippen LogP contribution in [0.4, 0.5) is 18.9 Å².